The van der Waals surface area contributed by atoms with Crippen LogP contribution in [0.25, 0.3) is 0 Å². The molecule has 20 heavy (non-hydrogen) atoms. The largest absolute Gasteiger partial charge is 0.478 e. The standard InChI is InChI=1S/C15H24N2O3/c1-4-12-7-11(14(19)20)8-13(17-12)16-9-15(5-2,6-3)10-18/h7-8,18H,4-6,9-10H2,1-3H3,(H,16,17)(H,19,20). The molecule has 0 aliphatic heterocycles. The number of pyridine rings is 1. The van der Waals surface area contributed by atoms with Gasteiger partial charge >= 0.3 is 5.97 Å². The van der Waals surface area contributed by atoms with E-state index >= 15 is 0 Å². The minimum atomic E-state index is -0.954. The van der Waals surface area contributed by atoms with Gasteiger partial charge in [-0.2, -0.15) is 0 Å². The fourth-order valence-corrected chi connectivity index (χ4v) is 2.04. The fourth-order valence-electron chi connectivity index (χ4n) is 2.04. The first kappa shape index (κ1) is 16.4. The van der Waals surface area contributed by atoms with Gasteiger partial charge in [0.1, 0.15) is 5.82 Å². The number of carbonyl (C=O) groups is 1. The second-order valence-corrected chi connectivity index (χ2v) is 5.11. The number of carboxylic acid groups (broad SMARTS) is 1. The van der Waals surface area contributed by atoms with E-state index in [1.807, 2.05) is 20.8 Å². The highest BCUT2D eigenvalue weighted by Crippen LogP contribution is 2.26. The Labute approximate surface area is 120 Å². The number of aliphatic hydroxyl groups excluding tert-OH is 1. The maximum absolute atomic E-state index is 11.1. The lowest BCUT2D eigenvalue weighted by Crippen LogP contribution is -2.32. The normalized spacial score (nSPS) is 11.4. The summed E-state index contributed by atoms with van der Waals surface area (Å²) >= 11 is 0. The quantitative estimate of drug-likeness (QED) is 0.681. The lowest BCUT2D eigenvalue weighted by molar-refractivity contribution is 0.0696. The number of aromatic nitrogens is 1. The molecule has 1 heterocycles. The number of nitrogens with one attached hydrogen (secondary N) is 1. The first-order chi connectivity index (χ1) is 9.50. The van der Waals surface area contributed by atoms with Crippen LogP contribution in [0, 0.1) is 5.41 Å². The van der Waals surface area contributed by atoms with Crippen molar-refractivity contribution >= 4 is 11.8 Å². The van der Waals surface area contributed by atoms with Gasteiger partial charge in [-0.3, -0.25) is 0 Å². The van der Waals surface area contributed by atoms with E-state index in [9.17, 15) is 9.90 Å². The summed E-state index contributed by atoms with van der Waals surface area (Å²) in [6, 6.07) is 3.13. The monoisotopic (exact) mass is 280 g/mol. The number of nitrogens with zero attached hydrogens (tertiary/aromatic N) is 1. The van der Waals surface area contributed by atoms with Crippen molar-refractivity contribution < 1.29 is 15.0 Å². The molecule has 0 aliphatic rings. The third-order valence-electron chi connectivity index (χ3n) is 3.97. The minimum absolute atomic E-state index is 0.103. The van der Waals surface area contributed by atoms with Crippen LogP contribution in [0.3, 0.4) is 0 Å². The zero-order valence-electron chi connectivity index (χ0n) is 12.4. The molecule has 0 saturated heterocycles. The lowest BCUT2D eigenvalue weighted by atomic mass is 9.83. The van der Waals surface area contributed by atoms with Gasteiger partial charge in [-0.05, 0) is 31.4 Å². The second kappa shape index (κ2) is 7.24. The first-order valence-electron chi connectivity index (χ1n) is 7.09. The molecule has 0 fully saturated rings. The molecular weight excluding hydrogens is 256 g/mol. The van der Waals surface area contributed by atoms with E-state index < -0.39 is 5.97 Å². The summed E-state index contributed by atoms with van der Waals surface area (Å²) in [5.41, 5.74) is 0.796. The average Bonchev–Trinajstić information content (AvgIpc) is 2.48. The van der Waals surface area contributed by atoms with E-state index in [-0.39, 0.29) is 17.6 Å². The summed E-state index contributed by atoms with van der Waals surface area (Å²) in [6.07, 6.45) is 2.39. The van der Waals surface area contributed by atoms with Crippen LogP contribution in [0.15, 0.2) is 12.1 Å². The first-order valence-corrected chi connectivity index (χ1v) is 7.09. The highest BCUT2D eigenvalue weighted by atomic mass is 16.4. The van der Waals surface area contributed by atoms with E-state index in [1.165, 1.54) is 6.07 Å². The molecule has 0 amide bonds. The molecule has 0 atom stereocenters. The Balaban J connectivity index is 2.91. The Morgan fingerprint density at radius 3 is 2.40 bits per heavy atom. The molecule has 0 aromatic carbocycles. The maximum Gasteiger partial charge on any atom is 0.335 e. The average molecular weight is 280 g/mol. The van der Waals surface area contributed by atoms with E-state index in [0.717, 1.165) is 18.5 Å². The number of anilines is 1. The third kappa shape index (κ3) is 3.93. The summed E-state index contributed by atoms with van der Waals surface area (Å²) in [6.45, 7) is 6.70. The molecule has 1 aromatic heterocycles. The number of aryl methyl sites for hydroxylation is 1. The van der Waals surface area contributed by atoms with Crippen LogP contribution in [0.4, 0.5) is 5.82 Å². The van der Waals surface area contributed by atoms with Gasteiger partial charge in [-0.15, -0.1) is 0 Å². The number of hydrogen-bond donors (Lipinski definition) is 3. The van der Waals surface area contributed by atoms with Gasteiger partial charge in [-0.1, -0.05) is 20.8 Å². The van der Waals surface area contributed by atoms with Crippen molar-refractivity contribution in [1.29, 1.82) is 0 Å². The van der Waals surface area contributed by atoms with E-state index in [4.69, 9.17) is 5.11 Å². The zero-order chi connectivity index (χ0) is 15.2. The molecule has 0 bridgehead atoms. The number of hydrogen-bond acceptors (Lipinski definition) is 4. The summed E-state index contributed by atoms with van der Waals surface area (Å²) in [7, 11) is 0. The highest BCUT2D eigenvalue weighted by Gasteiger charge is 2.25. The van der Waals surface area contributed by atoms with Crippen molar-refractivity contribution in [2.24, 2.45) is 5.41 Å². The van der Waals surface area contributed by atoms with Gasteiger partial charge in [0, 0.05) is 17.7 Å². The molecule has 112 valence electrons. The van der Waals surface area contributed by atoms with Crippen molar-refractivity contribution in [3.63, 3.8) is 0 Å². The van der Waals surface area contributed by atoms with Crippen molar-refractivity contribution in [2.45, 2.75) is 40.0 Å². The van der Waals surface area contributed by atoms with Gasteiger partial charge in [0.25, 0.3) is 0 Å². The van der Waals surface area contributed by atoms with Gasteiger partial charge in [0.2, 0.25) is 0 Å². The van der Waals surface area contributed by atoms with E-state index in [0.29, 0.717) is 18.8 Å². The van der Waals surface area contributed by atoms with Crippen LogP contribution in [0.1, 0.15) is 49.7 Å². The summed E-state index contributed by atoms with van der Waals surface area (Å²) in [5, 5.41) is 21.8. The van der Waals surface area contributed by atoms with Crippen LogP contribution < -0.4 is 5.32 Å². The van der Waals surface area contributed by atoms with Gasteiger partial charge in [0.05, 0.1) is 12.2 Å². The number of rotatable bonds is 8. The predicted octanol–water partition coefficient (Wildman–Crippen LogP) is 2.55. The Morgan fingerprint density at radius 1 is 1.30 bits per heavy atom. The molecule has 0 unspecified atom stereocenters. The van der Waals surface area contributed by atoms with Gasteiger partial charge in [0.15, 0.2) is 0 Å². The van der Waals surface area contributed by atoms with Crippen LogP contribution in [0.5, 0.6) is 0 Å². The number of carboxylic acids is 1. The third-order valence-corrected chi connectivity index (χ3v) is 3.97. The number of aromatic carboxylic acids is 1. The fraction of sp³-hybridized carbons (Fsp3) is 0.600. The Bertz CT molecular complexity index is 448. The SMILES string of the molecule is CCc1cc(C(=O)O)cc(NCC(CC)(CC)CO)n1. The van der Waals surface area contributed by atoms with Crippen LogP contribution in [-0.2, 0) is 6.42 Å². The molecule has 5 heteroatoms. The van der Waals surface area contributed by atoms with Crippen molar-refractivity contribution in [1.82, 2.24) is 4.98 Å². The minimum Gasteiger partial charge on any atom is -0.478 e. The molecule has 5 nitrogen and oxygen atoms in total. The van der Waals surface area contributed by atoms with Gasteiger partial charge in [-0.25, -0.2) is 9.78 Å². The van der Waals surface area contributed by atoms with Crippen molar-refractivity contribution in [2.75, 3.05) is 18.5 Å². The molecule has 0 spiro atoms. The van der Waals surface area contributed by atoms with Gasteiger partial charge < -0.3 is 15.5 Å². The van der Waals surface area contributed by atoms with Crippen molar-refractivity contribution in [3.8, 4) is 0 Å². The molecule has 0 saturated carbocycles. The topological polar surface area (TPSA) is 82.5 Å². The van der Waals surface area contributed by atoms with Crippen molar-refractivity contribution in [3.05, 3.63) is 23.4 Å². The Morgan fingerprint density at radius 2 is 1.95 bits per heavy atom. The molecule has 1 aromatic rings. The Kier molecular flexibility index (Phi) is 5.95. The van der Waals surface area contributed by atoms with Crippen LogP contribution in [-0.4, -0.2) is 34.3 Å². The molecular formula is C15H24N2O3. The van der Waals surface area contributed by atoms with E-state index in [2.05, 4.69) is 10.3 Å². The lowest BCUT2D eigenvalue weighted by Gasteiger charge is -2.29. The Hall–Kier alpha value is -1.62. The van der Waals surface area contributed by atoms with E-state index in [1.54, 1.807) is 6.07 Å². The van der Waals surface area contributed by atoms with Crippen LogP contribution >= 0.6 is 0 Å². The smallest absolute Gasteiger partial charge is 0.335 e. The summed E-state index contributed by atoms with van der Waals surface area (Å²) in [5.74, 6) is -0.397. The number of aliphatic hydroxyl groups is 1. The molecule has 0 radical (unpaired) electrons. The second-order valence-electron chi connectivity index (χ2n) is 5.11. The predicted molar refractivity (Wildman–Crippen MR) is 79.2 cm³/mol. The van der Waals surface area contributed by atoms with Crippen LogP contribution in [0.2, 0.25) is 0 Å². The summed E-state index contributed by atoms with van der Waals surface area (Å²) in [4.78, 5) is 15.5. The zero-order valence-corrected chi connectivity index (χ0v) is 12.4. The summed E-state index contributed by atoms with van der Waals surface area (Å²) < 4.78 is 0. The molecule has 1 rings (SSSR count). The molecule has 0 aliphatic carbocycles. The highest BCUT2D eigenvalue weighted by molar-refractivity contribution is 5.88. The maximum atomic E-state index is 11.1. The molecule has 3 N–H and O–H groups in total.